The van der Waals surface area contributed by atoms with Crippen molar-refractivity contribution in [2.24, 2.45) is 5.73 Å². The molecule has 1 amide bonds. The van der Waals surface area contributed by atoms with Crippen molar-refractivity contribution in [3.63, 3.8) is 0 Å². The number of benzene rings is 1. The van der Waals surface area contributed by atoms with Crippen LogP contribution in [0.1, 0.15) is 31.9 Å². The van der Waals surface area contributed by atoms with E-state index in [9.17, 15) is 4.79 Å². The molecule has 0 bridgehead atoms. The Kier molecular flexibility index (Phi) is 4.27. The number of carbonyl (C=O) groups excluding carboxylic acids is 1. The number of fused-ring (bicyclic) bond motifs is 1. The molecule has 5 nitrogen and oxygen atoms in total. The number of nitrogens with zero attached hydrogens (tertiary/aromatic N) is 1. The van der Waals surface area contributed by atoms with E-state index in [-0.39, 0.29) is 18.7 Å². The number of hydrogen-bond donors (Lipinski definition) is 1. The first-order valence-electron chi connectivity index (χ1n) is 6.58. The zero-order valence-electron chi connectivity index (χ0n) is 11.4. The van der Waals surface area contributed by atoms with Crippen molar-refractivity contribution in [1.29, 1.82) is 0 Å². The molecule has 1 aliphatic rings. The first-order valence-corrected chi connectivity index (χ1v) is 6.58. The van der Waals surface area contributed by atoms with E-state index in [0.29, 0.717) is 25.3 Å². The third-order valence-electron chi connectivity index (χ3n) is 3.34. The Bertz CT molecular complexity index is 458. The summed E-state index contributed by atoms with van der Waals surface area (Å²) in [4.78, 5) is 13.8. The predicted molar refractivity (Wildman–Crippen MR) is 72.0 cm³/mol. The minimum Gasteiger partial charge on any atom is -0.454 e. The molecule has 0 radical (unpaired) electrons. The van der Waals surface area contributed by atoms with Crippen LogP contribution in [0.4, 0.5) is 0 Å². The van der Waals surface area contributed by atoms with Crippen molar-refractivity contribution in [1.82, 2.24) is 4.90 Å². The second-order valence-electron chi connectivity index (χ2n) is 4.49. The van der Waals surface area contributed by atoms with Crippen LogP contribution in [0.5, 0.6) is 11.5 Å². The minimum absolute atomic E-state index is 0.0789. The quantitative estimate of drug-likeness (QED) is 0.878. The van der Waals surface area contributed by atoms with Crippen LogP contribution in [0.15, 0.2) is 18.2 Å². The van der Waals surface area contributed by atoms with E-state index < -0.39 is 0 Å². The maximum Gasteiger partial charge on any atom is 0.231 e. The summed E-state index contributed by atoms with van der Waals surface area (Å²) in [6.45, 7) is 5.60. The van der Waals surface area contributed by atoms with E-state index in [1.54, 1.807) is 4.90 Å². The lowest BCUT2D eigenvalue weighted by atomic mass is 10.0. The van der Waals surface area contributed by atoms with Crippen molar-refractivity contribution in [3.8, 4) is 11.5 Å². The van der Waals surface area contributed by atoms with Gasteiger partial charge in [0.25, 0.3) is 0 Å². The summed E-state index contributed by atoms with van der Waals surface area (Å²) >= 11 is 0. The van der Waals surface area contributed by atoms with Gasteiger partial charge in [-0.3, -0.25) is 4.79 Å². The highest BCUT2D eigenvalue weighted by Gasteiger charge is 2.19. The zero-order valence-corrected chi connectivity index (χ0v) is 11.4. The van der Waals surface area contributed by atoms with Crippen LogP contribution < -0.4 is 15.2 Å². The predicted octanol–water partition coefficient (Wildman–Crippen LogP) is 1.67. The van der Waals surface area contributed by atoms with Gasteiger partial charge in [-0.05, 0) is 31.5 Å². The molecule has 2 N–H and O–H groups in total. The van der Waals surface area contributed by atoms with Gasteiger partial charge in [-0.25, -0.2) is 0 Å². The molecule has 1 heterocycles. The van der Waals surface area contributed by atoms with Gasteiger partial charge >= 0.3 is 0 Å². The monoisotopic (exact) mass is 264 g/mol. The molecular weight excluding hydrogens is 244 g/mol. The highest BCUT2D eigenvalue weighted by Crippen LogP contribution is 2.34. The Hall–Kier alpha value is -1.75. The van der Waals surface area contributed by atoms with Gasteiger partial charge in [0.15, 0.2) is 11.5 Å². The smallest absolute Gasteiger partial charge is 0.231 e. The van der Waals surface area contributed by atoms with Crippen molar-refractivity contribution in [3.05, 3.63) is 23.8 Å². The Balaban J connectivity index is 2.03. The molecule has 104 valence electrons. The first kappa shape index (κ1) is 13.7. The highest BCUT2D eigenvalue weighted by atomic mass is 16.7. The molecule has 1 aromatic rings. The summed E-state index contributed by atoms with van der Waals surface area (Å²) in [7, 11) is 0. The van der Waals surface area contributed by atoms with E-state index in [0.717, 1.165) is 11.3 Å². The number of amides is 1. The summed E-state index contributed by atoms with van der Waals surface area (Å²) in [6, 6.07) is 5.25. The molecule has 5 heteroatoms. The summed E-state index contributed by atoms with van der Waals surface area (Å²) in [5, 5.41) is 0. The number of ether oxygens (including phenoxy) is 2. The molecule has 0 aromatic heterocycles. The van der Waals surface area contributed by atoms with Gasteiger partial charge in [-0.2, -0.15) is 0 Å². The van der Waals surface area contributed by atoms with Crippen LogP contribution in [0, 0.1) is 0 Å². The normalized spacial score (nSPS) is 14.3. The van der Waals surface area contributed by atoms with Crippen molar-refractivity contribution in [2.75, 3.05) is 19.9 Å². The van der Waals surface area contributed by atoms with Crippen LogP contribution in [-0.2, 0) is 4.79 Å². The van der Waals surface area contributed by atoms with Gasteiger partial charge in [0.05, 0.1) is 0 Å². The standard InChI is InChI=1S/C14H20N2O3/c1-3-16(4-2)14(17)8-11(15)10-5-6-12-13(7-10)19-9-18-12/h5-7,11H,3-4,8-9,15H2,1-2H3. The van der Waals surface area contributed by atoms with Crippen LogP contribution in [0.25, 0.3) is 0 Å². The fraction of sp³-hybridized carbons (Fsp3) is 0.500. The number of nitrogens with two attached hydrogens (primary N) is 1. The molecule has 19 heavy (non-hydrogen) atoms. The van der Waals surface area contributed by atoms with E-state index in [1.165, 1.54) is 0 Å². The maximum absolute atomic E-state index is 12.0. The zero-order chi connectivity index (χ0) is 13.8. The lowest BCUT2D eigenvalue weighted by Crippen LogP contribution is -2.32. The number of hydrogen-bond acceptors (Lipinski definition) is 4. The molecule has 1 aromatic carbocycles. The second kappa shape index (κ2) is 5.93. The highest BCUT2D eigenvalue weighted by molar-refractivity contribution is 5.77. The lowest BCUT2D eigenvalue weighted by molar-refractivity contribution is -0.131. The molecule has 0 saturated carbocycles. The third kappa shape index (κ3) is 2.98. The van der Waals surface area contributed by atoms with Crippen molar-refractivity contribution < 1.29 is 14.3 Å². The van der Waals surface area contributed by atoms with Crippen molar-refractivity contribution in [2.45, 2.75) is 26.3 Å². The Morgan fingerprint density at radius 1 is 1.32 bits per heavy atom. The lowest BCUT2D eigenvalue weighted by Gasteiger charge is -2.21. The topological polar surface area (TPSA) is 64.8 Å². The van der Waals surface area contributed by atoms with Crippen LogP contribution in [0.2, 0.25) is 0 Å². The molecule has 0 spiro atoms. The van der Waals surface area contributed by atoms with Gasteiger partial charge in [-0.1, -0.05) is 6.07 Å². The SMILES string of the molecule is CCN(CC)C(=O)CC(N)c1ccc2c(c1)OCO2. The van der Waals surface area contributed by atoms with E-state index in [1.807, 2.05) is 32.0 Å². The average molecular weight is 264 g/mol. The average Bonchev–Trinajstić information content (AvgIpc) is 2.87. The molecule has 0 fully saturated rings. The molecule has 2 rings (SSSR count). The van der Waals surface area contributed by atoms with Gasteiger partial charge < -0.3 is 20.1 Å². The fourth-order valence-electron chi connectivity index (χ4n) is 2.16. The van der Waals surface area contributed by atoms with E-state index in [4.69, 9.17) is 15.2 Å². The summed E-state index contributed by atoms with van der Waals surface area (Å²) in [5.74, 6) is 1.50. The van der Waals surface area contributed by atoms with Gasteiger partial charge in [-0.15, -0.1) is 0 Å². The van der Waals surface area contributed by atoms with E-state index >= 15 is 0 Å². The maximum atomic E-state index is 12.0. The van der Waals surface area contributed by atoms with Gasteiger partial charge in [0.2, 0.25) is 12.7 Å². The van der Waals surface area contributed by atoms with Crippen LogP contribution in [0.3, 0.4) is 0 Å². The Morgan fingerprint density at radius 3 is 2.68 bits per heavy atom. The molecule has 1 unspecified atom stereocenters. The summed E-state index contributed by atoms with van der Waals surface area (Å²) in [5.41, 5.74) is 6.99. The van der Waals surface area contributed by atoms with Gasteiger partial charge in [0, 0.05) is 25.6 Å². The first-order chi connectivity index (χ1) is 9.15. The molecule has 1 atom stereocenters. The second-order valence-corrected chi connectivity index (χ2v) is 4.49. The largest absolute Gasteiger partial charge is 0.454 e. The minimum atomic E-state index is -0.317. The Morgan fingerprint density at radius 2 is 2.00 bits per heavy atom. The van der Waals surface area contributed by atoms with E-state index in [2.05, 4.69) is 0 Å². The molecule has 0 saturated heterocycles. The molecule has 1 aliphatic heterocycles. The number of rotatable bonds is 5. The molecular formula is C14H20N2O3. The van der Waals surface area contributed by atoms with Gasteiger partial charge in [0.1, 0.15) is 0 Å². The summed E-state index contributed by atoms with van der Waals surface area (Å²) < 4.78 is 10.6. The van der Waals surface area contributed by atoms with Crippen LogP contribution in [-0.4, -0.2) is 30.7 Å². The molecule has 0 aliphatic carbocycles. The third-order valence-corrected chi connectivity index (χ3v) is 3.34. The van der Waals surface area contributed by atoms with Crippen molar-refractivity contribution >= 4 is 5.91 Å². The Labute approximate surface area is 113 Å². The number of carbonyl (C=O) groups is 1. The summed E-state index contributed by atoms with van der Waals surface area (Å²) in [6.07, 6.45) is 0.307. The fourth-order valence-corrected chi connectivity index (χ4v) is 2.16. The van der Waals surface area contributed by atoms with Crippen LogP contribution >= 0.6 is 0 Å².